The van der Waals surface area contributed by atoms with Gasteiger partial charge in [-0.25, -0.2) is 4.98 Å². The lowest BCUT2D eigenvalue weighted by Crippen LogP contribution is -2.24. The summed E-state index contributed by atoms with van der Waals surface area (Å²) in [7, 11) is 1.61. The van der Waals surface area contributed by atoms with Crippen LogP contribution in [0, 0.1) is 5.92 Å². The third-order valence-electron chi connectivity index (χ3n) is 5.13. The minimum Gasteiger partial charge on any atom is -0.491 e. The van der Waals surface area contributed by atoms with Crippen LogP contribution in [0.5, 0.6) is 11.6 Å². The van der Waals surface area contributed by atoms with Crippen molar-refractivity contribution in [2.24, 2.45) is 5.92 Å². The van der Waals surface area contributed by atoms with Crippen LogP contribution in [0.4, 0.5) is 0 Å². The number of nitrogens with zero attached hydrogens (tertiary/aromatic N) is 1. The van der Waals surface area contributed by atoms with Crippen molar-refractivity contribution in [3.63, 3.8) is 0 Å². The van der Waals surface area contributed by atoms with Gasteiger partial charge >= 0.3 is 0 Å². The molecule has 1 aromatic carbocycles. The fourth-order valence-electron chi connectivity index (χ4n) is 3.70. The van der Waals surface area contributed by atoms with Gasteiger partial charge in [0, 0.05) is 13.2 Å². The highest BCUT2D eigenvalue weighted by Crippen LogP contribution is 2.38. The highest BCUT2D eigenvalue weighted by atomic mass is 16.5. The van der Waals surface area contributed by atoms with Crippen molar-refractivity contribution in [3.05, 3.63) is 53.7 Å². The van der Waals surface area contributed by atoms with Crippen LogP contribution in [0.15, 0.2) is 42.6 Å². The van der Waals surface area contributed by atoms with E-state index in [1.54, 1.807) is 19.4 Å². The molecular weight excluding hydrogens is 342 g/mol. The Hall–Kier alpha value is -2.40. The molecule has 1 saturated carbocycles. The topological polar surface area (TPSA) is 57.7 Å². The summed E-state index contributed by atoms with van der Waals surface area (Å²) in [6.45, 7) is 1.45. The van der Waals surface area contributed by atoms with Gasteiger partial charge in [-0.1, -0.05) is 43.2 Å². The van der Waals surface area contributed by atoms with Crippen LogP contribution in [-0.2, 0) is 4.74 Å². The number of benzene rings is 1. The molecule has 2 aromatic rings. The number of hydrogen-bond donors (Lipinski definition) is 0. The molecule has 0 bridgehead atoms. The zero-order chi connectivity index (χ0) is 18.9. The quantitative estimate of drug-likeness (QED) is 0.488. The number of ether oxygens (including phenoxy) is 3. The van der Waals surface area contributed by atoms with Gasteiger partial charge in [0.05, 0.1) is 25.0 Å². The van der Waals surface area contributed by atoms with Gasteiger partial charge in [-0.2, -0.15) is 0 Å². The number of carbonyl (C=O) groups excluding carboxylic acids is 1. The van der Waals surface area contributed by atoms with Crippen molar-refractivity contribution in [2.45, 2.75) is 31.6 Å². The zero-order valence-corrected chi connectivity index (χ0v) is 15.8. The summed E-state index contributed by atoms with van der Waals surface area (Å²) >= 11 is 0. The van der Waals surface area contributed by atoms with E-state index in [4.69, 9.17) is 14.2 Å². The van der Waals surface area contributed by atoms with Crippen molar-refractivity contribution >= 4 is 6.29 Å². The Labute approximate surface area is 160 Å². The first-order chi connectivity index (χ1) is 13.3. The smallest absolute Gasteiger partial charge is 0.214 e. The van der Waals surface area contributed by atoms with Crippen molar-refractivity contribution in [3.8, 4) is 11.6 Å². The molecule has 27 heavy (non-hydrogen) atoms. The highest BCUT2D eigenvalue weighted by Gasteiger charge is 2.27. The van der Waals surface area contributed by atoms with Gasteiger partial charge in [0.15, 0.2) is 6.29 Å². The Morgan fingerprint density at radius 2 is 1.93 bits per heavy atom. The fraction of sp³-hybridized carbons (Fsp3) is 0.455. The van der Waals surface area contributed by atoms with Gasteiger partial charge < -0.3 is 14.2 Å². The molecule has 5 nitrogen and oxygen atoms in total. The Kier molecular flexibility index (Phi) is 7.22. The van der Waals surface area contributed by atoms with Gasteiger partial charge in [0.1, 0.15) is 12.4 Å². The molecule has 1 aromatic heterocycles. The number of hydrogen-bond acceptors (Lipinski definition) is 5. The molecule has 144 valence electrons. The molecular formula is C22H27NO4. The van der Waals surface area contributed by atoms with Crippen LogP contribution < -0.4 is 9.47 Å². The van der Waals surface area contributed by atoms with Crippen molar-refractivity contribution in [2.75, 3.05) is 26.9 Å². The first kappa shape index (κ1) is 19.4. The molecule has 2 unspecified atom stereocenters. The fourth-order valence-corrected chi connectivity index (χ4v) is 3.70. The third kappa shape index (κ3) is 5.30. The number of carbonyl (C=O) groups is 1. The second-order valence-electron chi connectivity index (χ2n) is 6.89. The lowest BCUT2D eigenvalue weighted by atomic mass is 9.76. The summed E-state index contributed by atoms with van der Waals surface area (Å²) in [5.41, 5.74) is 1.84. The number of aromatic nitrogens is 1. The number of aldehydes is 1. The minimum atomic E-state index is 0.392. The first-order valence-corrected chi connectivity index (χ1v) is 9.56. The average Bonchev–Trinajstić information content (AvgIpc) is 2.73. The van der Waals surface area contributed by atoms with Crippen LogP contribution in [-0.4, -0.2) is 38.2 Å². The van der Waals surface area contributed by atoms with Crippen molar-refractivity contribution in [1.29, 1.82) is 0 Å². The van der Waals surface area contributed by atoms with Gasteiger partial charge in [-0.3, -0.25) is 4.79 Å². The molecule has 2 atom stereocenters. The Bertz CT molecular complexity index is 720. The molecule has 0 spiro atoms. The normalized spacial score (nSPS) is 19.4. The van der Waals surface area contributed by atoms with Crippen LogP contribution in [0.1, 0.15) is 47.5 Å². The van der Waals surface area contributed by atoms with Crippen molar-refractivity contribution < 1.29 is 19.0 Å². The zero-order valence-electron chi connectivity index (χ0n) is 15.8. The van der Waals surface area contributed by atoms with E-state index < -0.39 is 0 Å². The molecule has 1 heterocycles. The van der Waals surface area contributed by atoms with Gasteiger partial charge in [-0.05, 0) is 30.2 Å². The number of methoxy groups -OCH3 is 1. The summed E-state index contributed by atoms with van der Waals surface area (Å²) in [6, 6.07) is 12.3. The maximum Gasteiger partial charge on any atom is 0.214 e. The van der Waals surface area contributed by atoms with Crippen LogP contribution in [0.2, 0.25) is 0 Å². The largest absolute Gasteiger partial charge is 0.491 e. The summed E-state index contributed by atoms with van der Waals surface area (Å²) in [6.07, 6.45) is 7.17. The lowest BCUT2D eigenvalue weighted by molar-refractivity contribution is 0.111. The molecule has 0 saturated heterocycles. The predicted molar refractivity (Wildman–Crippen MR) is 104 cm³/mol. The van der Waals surface area contributed by atoms with E-state index in [2.05, 4.69) is 35.3 Å². The second kappa shape index (κ2) is 10.1. The molecule has 0 aliphatic heterocycles. The van der Waals surface area contributed by atoms with Gasteiger partial charge in [0.25, 0.3) is 0 Å². The molecule has 1 aliphatic carbocycles. The van der Waals surface area contributed by atoms with Crippen LogP contribution >= 0.6 is 0 Å². The van der Waals surface area contributed by atoms with E-state index in [-0.39, 0.29) is 0 Å². The summed E-state index contributed by atoms with van der Waals surface area (Å²) < 4.78 is 16.4. The average molecular weight is 369 g/mol. The van der Waals surface area contributed by atoms with Crippen LogP contribution in [0.3, 0.4) is 0 Å². The van der Waals surface area contributed by atoms with E-state index in [0.717, 1.165) is 12.7 Å². The maximum atomic E-state index is 11.5. The van der Waals surface area contributed by atoms with E-state index in [1.807, 2.05) is 0 Å². The van der Waals surface area contributed by atoms with Gasteiger partial charge in [0.2, 0.25) is 5.88 Å². The predicted octanol–water partition coefficient (Wildman–Crippen LogP) is 4.27. The van der Waals surface area contributed by atoms with E-state index in [0.29, 0.717) is 48.8 Å². The lowest BCUT2D eigenvalue weighted by Gasteiger charge is -2.32. The second-order valence-corrected chi connectivity index (χ2v) is 6.89. The first-order valence-electron chi connectivity index (χ1n) is 9.56. The highest BCUT2D eigenvalue weighted by molar-refractivity contribution is 5.79. The Balaban J connectivity index is 1.65. The summed E-state index contributed by atoms with van der Waals surface area (Å²) in [5.74, 6) is 1.87. The summed E-state index contributed by atoms with van der Waals surface area (Å²) in [4.78, 5) is 15.7. The number of rotatable bonds is 9. The minimum absolute atomic E-state index is 0.392. The monoisotopic (exact) mass is 369 g/mol. The number of pyridine rings is 1. The van der Waals surface area contributed by atoms with E-state index in [1.165, 1.54) is 24.8 Å². The summed E-state index contributed by atoms with van der Waals surface area (Å²) in [5, 5.41) is 0. The molecule has 1 fully saturated rings. The van der Waals surface area contributed by atoms with Crippen molar-refractivity contribution in [1.82, 2.24) is 4.98 Å². The molecule has 0 radical (unpaired) electrons. The molecule has 5 heteroatoms. The SMILES string of the molecule is COCCOc1cc(C=O)c(OCC2CCCCC2c2ccccc2)cn1. The Morgan fingerprint density at radius 3 is 2.70 bits per heavy atom. The van der Waals surface area contributed by atoms with Crippen LogP contribution in [0.25, 0.3) is 0 Å². The van der Waals surface area contributed by atoms with Gasteiger partial charge in [-0.15, -0.1) is 0 Å². The van der Waals surface area contributed by atoms with E-state index >= 15 is 0 Å². The van der Waals surface area contributed by atoms with E-state index in [9.17, 15) is 4.79 Å². The molecule has 1 aliphatic rings. The standard InChI is InChI=1S/C22H27NO4/c1-25-11-12-26-22-13-19(15-24)21(14-23-22)27-16-18-9-5-6-10-20(18)17-7-3-2-4-8-17/h2-4,7-8,13-15,18,20H,5-6,9-12,16H2,1H3. The third-order valence-corrected chi connectivity index (χ3v) is 5.13. The Morgan fingerprint density at radius 1 is 1.11 bits per heavy atom. The maximum absolute atomic E-state index is 11.5. The molecule has 0 N–H and O–H groups in total. The molecule has 0 amide bonds. The molecule has 3 rings (SSSR count).